The Labute approximate surface area is 194 Å². The molecule has 1 atom stereocenters. The SMILES string of the molecule is O=C(NCc1ccncc1)Nc1cccc(CNC(=O)C2CCCN2Cc2ccccc2)c1. The van der Waals surface area contributed by atoms with Crippen molar-refractivity contribution in [1.29, 1.82) is 0 Å². The second-order valence-electron chi connectivity index (χ2n) is 8.20. The molecule has 2 aromatic carbocycles. The van der Waals surface area contributed by atoms with Gasteiger partial charge in [0.05, 0.1) is 6.04 Å². The standard InChI is InChI=1S/C26H29N5O2/c32-25(24-10-5-15-31(24)19-21-6-2-1-3-7-21)28-18-22-8-4-9-23(16-22)30-26(33)29-17-20-11-13-27-14-12-20/h1-4,6-9,11-14,16,24H,5,10,15,17-19H2,(H,28,32)(H2,29,30,33). The van der Waals surface area contributed by atoms with E-state index in [4.69, 9.17) is 0 Å². The number of urea groups is 1. The van der Waals surface area contributed by atoms with E-state index in [-0.39, 0.29) is 18.0 Å². The zero-order valence-electron chi connectivity index (χ0n) is 18.5. The molecule has 1 fully saturated rings. The van der Waals surface area contributed by atoms with Crippen molar-refractivity contribution in [3.63, 3.8) is 0 Å². The second kappa shape index (κ2) is 11.2. The van der Waals surface area contributed by atoms with Crippen LogP contribution in [0.2, 0.25) is 0 Å². The third kappa shape index (κ3) is 6.63. The maximum Gasteiger partial charge on any atom is 0.319 e. The van der Waals surface area contributed by atoms with Crippen LogP contribution in [0.3, 0.4) is 0 Å². The van der Waals surface area contributed by atoms with Crippen LogP contribution in [-0.4, -0.2) is 34.4 Å². The molecule has 0 bridgehead atoms. The van der Waals surface area contributed by atoms with Gasteiger partial charge in [-0.15, -0.1) is 0 Å². The van der Waals surface area contributed by atoms with Gasteiger partial charge in [0.2, 0.25) is 5.91 Å². The highest BCUT2D eigenvalue weighted by molar-refractivity contribution is 5.89. The van der Waals surface area contributed by atoms with E-state index in [2.05, 4.69) is 38.0 Å². The fourth-order valence-corrected chi connectivity index (χ4v) is 4.05. The van der Waals surface area contributed by atoms with Gasteiger partial charge in [0, 0.05) is 37.7 Å². The Morgan fingerprint density at radius 2 is 1.64 bits per heavy atom. The van der Waals surface area contributed by atoms with Crippen molar-refractivity contribution in [2.45, 2.75) is 38.5 Å². The summed E-state index contributed by atoms with van der Waals surface area (Å²) in [5.74, 6) is 0.0527. The highest BCUT2D eigenvalue weighted by Crippen LogP contribution is 2.20. The van der Waals surface area contributed by atoms with Gasteiger partial charge in [-0.2, -0.15) is 0 Å². The summed E-state index contributed by atoms with van der Waals surface area (Å²) in [6.07, 6.45) is 5.29. The number of nitrogens with zero attached hydrogens (tertiary/aromatic N) is 2. The first-order valence-electron chi connectivity index (χ1n) is 11.3. The molecule has 3 N–H and O–H groups in total. The molecule has 0 spiro atoms. The number of hydrogen-bond donors (Lipinski definition) is 3. The number of nitrogens with one attached hydrogen (secondary N) is 3. The predicted octanol–water partition coefficient (Wildman–Crippen LogP) is 3.68. The lowest BCUT2D eigenvalue weighted by molar-refractivity contribution is -0.125. The van der Waals surface area contributed by atoms with E-state index in [1.807, 2.05) is 54.6 Å². The number of carbonyl (C=O) groups is 2. The Bertz CT molecular complexity index is 1060. The normalized spacial score (nSPS) is 15.7. The minimum absolute atomic E-state index is 0.0527. The molecule has 4 rings (SSSR count). The van der Waals surface area contributed by atoms with E-state index >= 15 is 0 Å². The fourth-order valence-electron chi connectivity index (χ4n) is 4.05. The van der Waals surface area contributed by atoms with Crippen LogP contribution in [0.1, 0.15) is 29.5 Å². The van der Waals surface area contributed by atoms with Crippen LogP contribution in [0.5, 0.6) is 0 Å². The number of hydrogen-bond acceptors (Lipinski definition) is 4. The van der Waals surface area contributed by atoms with Gasteiger partial charge in [0.15, 0.2) is 0 Å². The van der Waals surface area contributed by atoms with Crippen LogP contribution in [0.25, 0.3) is 0 Å². The van der Waals surface area contributed by atoms with Crippen LogP contribution < -0.4 is 16.0 Å². The van der Waals surface area contributed by atoms with Gasteiger partial charge in [-0.05, 0) is 60.3 Å². The van der Waals surface area contributed by atoms with Crippen molar-refractivity contribution in [2.75, 3.05) is 11.9 Å². The highest BCUT2D eigenvalue weighted by Gasteiger charge is 2.30. The molecule has 1 aromatic heterocycles. The van der Waals surface area contributed by atoms with E-state index < -0.39 is 0 Å². The Kier molecular flexibility index (Phi) is 7.66. The Hall–Kier alpha value is -3.71. The van der Waals surface area contributed by atoms with Crippen LogP contribution in [0.4, 0.5) is 10.5 Å². The number of anilines is 1. The number of likely N-dealkylation sites (tertiary alicyclic amines) is 1. The summed E-state index contributed by atoms with van der Waals surface area (Å²) in [6.45, 7) is 2.56. The molecule has 1 saturated heterocycles. The van der Waals surface area contributed by atoms with E-state index in [9.17, 15) is 9.59 Å². The summed E-state index contributed by atoms with van der Waals surface area (Å²) < 4.78 is 0. The largest absolute Gasteiger partial charge is 0.351 e. The molecule has 7 heteroatoms. The smallest absolute Gasteiger partial charge is 0.319 e. The number of aromatic nitrogens is 1. The molecule has 2 heterocycles. The summed E-state index contributed by atoms with van der Waals surface area (Å²) in [5.41, 5.74) is 3.81. The number of rotatable bonds is 8. The topological polar surface area (TPSA) is 86.4 Å². The molecular weight excluding hydrogens is 414 g/mol. The first-order chi connectivity index (χ1) is 16.2. The number of carbonyl (C=O) groups excluding carboxylic acids is 2. The Morgan fingerprint density at radius 3 is 2.45 bits per heavy atom. The highest BCUT2D eigenvalue weighted by atomic mass is 16.2. The van der Waals surface area contributed by atoms with Gasteiger partial charge in [-0.25, -0.2) is 4.79 Å². The Balaban J connectivity index is 1.26. The van der Waals surface area contributed by atoms with Crippen LogP contribution in [0.15, 0.2) is 79.1 Å². The molecule has 0 radical (unpaired) electrons. The van der Waals surface area contributed by atoms with Crippen molar-refractivity contribution in [2.24, 2.45) is 0 Å². The molecule has 1 aliphatic rings. The maximum atomic E-state index is 12.9. The van der Waals surface area contributed by atoms with Gasteiger partial charge in [0.1, 0.15) is 0 Å². The zero-order valence-corrected chi connectivity index (χ0v) is 18.5. The van der Waals surface area contributed by atoms with E-state index in [1.54, 1.807) is 12.4 Å². The lowest BCUT2D eigenvalue weighted by Crippen LogP contribution is -2.42. The lowest BCUT2D eigenvalue weighted by atomic mass is 10.1. The number of benzene rings is 2. The molecule has 1 aliphatic heterocycles. The van der Waals surface area contributed by atoms with E-state index in [1.165, 1.54) is 5.56 Å². The molecule has 0 aliphatic carbocycles. The summed E-state index contributed by atoms with van der Waals surface area (Å²) in [6, 6.07) is 21.1. The van der Waals surface area contributed by atoms with E-state index in [0.717, 1.165) is 37.1 Å². The minimum Gasteiger partial charge on any atom is -0.351 e. The van der Waals surface area contributed by atoms with Gasteiger partial charge in [-0.3, -0.25) is 14.7 Å². The molecule has 1 unspecified atom stereocenters. The van der Waals surface area contributed by atoms with E-state index in [0.29, 0.717) is 18.8 Å². The van der Waals surface area contributed by atoms with Crippen molar-refractivity contribution in [1.82, 2.24) is 20.5 Å². The van der Waals surface area contributed by atoms with Crippen LogP contribution >= 0.6 is 0 Å². The summed E-state index contributed by atoms with van der Waals surface area (Å²) in [7, 11) is 0. The minimum atomic E-state index is -0.282. The first-order valence-corrected chi connectivity index (χ1v) is 11.3. The molecule has 0 saturated carbocycles. The van der Waals surface area contributed by atoms with Crippen molar-refractivity contribution < 1.29 is 9.59 Å². The fraction of sp³-hybridized carbons (Fsp3) is 0.269. The van der Waals surface area contributed by atoms with Gasteiger partial charge in [0.25, 0.3) is 0 Å². The third-order valence-corrected chi connectivity index (χ3v) is 5.75. The molecular formula is C26H29N5O2. The van der Waals surface area contributed by atoms with Crippen LogP contribution in [-0.2, 0) is 24.4 Å². The summed E-state index contributed by atoms with van der Waals surface area (Å²) in [5, 5.41) is 8.74. The number of pyridine rings is 1. The monoisotopic (exact) mass is 443 g/mol. The number of amides is 3. The van der Waals surface area contributed by atoms with Crippen LogP contribution in [0, 0.1) is 0 Å². The zero-order chi connectivity index (χ0) is 22.9. The molecule has 33 heavy (non-hydrogen) atoms. The summed E-state index contributed by atoms with van der Waals surface area (Å²) >= 11 is 0. The maximum absolute atomic E-state index is 12.9. The van der Waals surface area contributed by atoms with Gasteiger partial charge < -0.3 is 16.0 Å². The quantitative estimate of drug-likeness (QED) is 0.496. The van der Waals surface area contributed by atoms with Crippen molar-refractivity contribution in [3.8, 4) is 0 Å². The third-order valence-electron chi connectivity index (χ3n) is 5.75. The molecule has 3 amide bonds. The molecule has 170 valence electrons. The average Bonchev–Trinajstić information content (AvgIpc) is 3.31. The van der Waals surface area contributed by atoms with Crippen molar-refractivity contribution >= 4 is 17.6 Å². The molecule has 3 aromatic rings. The summed E-state index contributed by atoms with van der Waals surface area (Å²) in [4.78, 5) is 31.3. The first kappa shape index (κ1) is 22.5. The second-order valence-corrected chi connectivity index (χ2v) is 8.20. The Morgan fingerprint density at radius 1 is 0.879 bits per heavy atom. The molecule has 7 nitrogen and oxygen atoms in total. The van der Waals surface area contributed by atoms with Crippen molar-refractivity contribution in [3.05, 3.63) is 95.8 Å². The van der Waals surface area contributed by atoms with Gasteiger partial charge in [-0.1, -0.05) is 42.5 Å². The van der Waals surface area contributed by atoms with Gasteiger partial charge >= 0.3 is 6.03 Å². The lowest BCUT2D eigenvalue weighted by Gasteiger charge is -2.23. The average molecular weight is 444 g/mol. The predicted molar refractivity (Wildman–Crippen MR) is 128 cm³/mol.